The second-order valence-corrected chi connectivity index (χ2v) is 6.39. The zero-order valence-electron chi connectivity index (χ0n) is 14.2. The zero-order chi connectivity index (χ0) is 18.4. The molecule has 0 amide bonds. The molecule has 0 saturated carbocycles. The summed E-state index contributed by atoms with van der Waals surface area (Å²) in [5.41, 5.74) is 2.19. The van der Waals surface area contributed by atoms with Gasteiger partial charge in [-0.1, -0.05) is 12.1 Å². The highest BCUT2D eigenvalue weighted by atomic mass is 16.3. The van der Waals surface area contributed by atoms with Gasteiger partial charge in [-0.25, -0.2) is 0 Å². The molecule has 3 aromatic rings. The Balaban J connectivity index is 2.12. The van der Waals surface area contributed by atoms with Crippen LogP contribution in [-0.2, 0) is 0 Å². The van der Waals surface area contributed by atoms with Crippen molar-refractivity contribution in [1.29, 1.82) is 5.26 Å². The minimum absolute atomic E-state index is 0.150. The molecule has 3 heterocycles. The molecule has 0 fully saturated rings. The Labute approximate surface area is 148 Å². The van der Waals surface area contributed by atoms with E-state index in [0.29, 0.717) is 39.3 Å². The molecule has 1 aromatic carbocycles. The average molecular weight is 345 g/mol. The lowest BCUT2D eigenvalue weighted by Gasteiger charge is -2.27. The Bertz CT molecular complexity index is 1230. The number of nitrogens with zero attached hydrogens (tertiary/aromatic N) is 2. The number of aliphatic imine (C=N–C) groups is 1. The number of aromatic nitrogens is 1. The van der Waals surface area contributed by atoms with E-state index in [1.807, 2.05) is 0 Å². The van der Waals surface area contributed by atoms with Crippen molar-refractivity contribution in [1.82, 2.24) is 4.98 Å². The maximum absolute atomic E-state index is 12.6. The quantitative estimate of drug-likeness (QED) is 0.732. The molecule has 0 spiro atoms. The van der Waals surface area contributed by atoms with Crippen LogP contribution in [0.5, 0.6) is 0 Å². The highest BCUT2D eigenvalue weighted by Gasteiger charge is 2.36. The number of benzene rings is 1. The highest BCUT2D eigenvalue weighted by molar-refractivity contribution is 5.94. The molecule has 0 radical (unpaired) electrons. The number of H-pyrrole nitrogens is 1. The van der Waals surface area contributed by atoms with Crippen LogP contribution in [0.4, 0.5) is 5.69 Å². The van der Waals surface area contributed by atoms with E-state index in [1.54, 1.807) is 38.1 Å². The summed E-state index contributed by atoms with van der Waals surface area (Å²) in [6.07, 6.45) is 1.54. The van der Waals surface area contributed by atoms with Gasteiger partial charge in [-0.3, -0.25) is 14.6 Å². The molecule has 1 N–H and O–H groups in total. The molecule has 2 aromatic heterocycles. The molecular weight excluding hydrogens is 330 g/mol. The van der Waals surface area contributed by atoms with E-state index in [0.717, 1.165) is 0 Å². The molecule has 26 heavy (non-hydrogen) atoms. The molecule has 128 valence electrons. The summed E-state index contributed by atoms with van der Waals surface area (Å²) in [6, 6.07) is 10.6. The Morgan fingerprint density at radius 3 is 2.81 bits per heavy atom. The van der Waals surface area contributed by atoms with E-state index in [1.165, 1.54) is 12.3 Å². The first-order valence-electron chi connectivity index (χ1n) is 8.21. The van der Waals surface area contributed by atoms with Crippen LogP contribution in [-0.4, -0.2) is 10.7 Å². The van der Waals surface area contributed by atoms with Gasteiger partial charge in [0, 0.05) is 29.5 Å². The number of aryl methyl sites for hydroxylation is 1. The fourth-order valence-electron chi connectivity index (χ4n) is 3.61. The van der Waals surface area contributed by atoms with Gasteiger partial charge in [0.25, 0.3) is 5.56 Å². The minimum atomic E-state index is -0.623. The SMILES string of the molecule is CC1=Nc2cc[nH]c(=O)c2C(c2cccc3c(=O)cc(C)oc23)C1C#N. The van der Waals surface area contributed by atoms with Gasteiger partial charge in [0.2, 0.25) is 0 Å². The van der Waals surface area contributed by atoms with Crippen LogP contribution in [0.25, 0.3) is 11.0 Å². The summed E-state index contributed by atoms with van der Waals surface area (Å²) < 4.78 is 5.85. The van der Waals surface area contributed by atoms with Gasteiger partial charge in [-0.15, -0.1) is 0 Å². The normalized spacial score (nSPS) is 18.9. The summed E-state index contributed by atoms with van der Waals surface area (Å²) >= 11 is 0. The maximum atomic E-state index is 12.6. The van der Waals surface area contributed by atoms with Crippen LogP contribution < -0.4 is 11.0 Å². The smallest absolute Gasteiger partial charge is 0.253 e. The first-order chi connectivity index (χ1) is 12.5. The van der Waals surface area contributed by atoms with E-state index in [4.69, 9.17) is 4.42 Å². The molecule has 6 heteroatoms. The fraction of sp³-hybridized carbons (Fsp3) is 0.200. The van der Waals surface area contributed by atoms with Crippen LogP contribution in [0.1, 0.15) is 29.7 Å². The van der Waals surface area contributed by atoms with Crippen LogP contribution in [0.3, 0.4) is 0 Å². The van der Waals surface area contributed by atoms with Crippen molar-refractivity contribution < 1.29 is 4.42 Å². The number of fused-ring (bicyclic) bond motifs is 2. The first-order valence-corrected chi connectivity index (χ1v) is 8.21. The predicted molar refractivity (Wildman–Crippen MR) is 98.0 cm³/mol. The third-order valence-corrected chi connectivity index (χ3v) is 4.75. The van der Waals surface area contributed by atoms with Crippen molar-refractivity contribution in [3.63, 3.8) is 0 Å². The van der Waals surface area contributed by atoms with E-state index in [2.05, 4.69) is 16.0 Å². The summed E-state index contributed by atoms with van der Waals surface area (Å²) in [6.45, 7) is 3.48. The Kier molecular flexibility index (Phi) is 3.58. The van der Waals surface area contributed by atoms with Crippen LogP contribution >= 0.6 is 0 Å². The second kappa shape index (κ2) is 5.81. The van der Waals surface area contributed by atoms with Gasteiger partial charge < -0.3 is 9.40 Å². The van der Waals surface area contributed by atoms with Gasteiger partial charge >= 0.3 is 0 Å². The number of nitrogens with one attached hydrogen (secondary N) is 1. The Morgan fingerprint density at radius 1 is 1.23 bits per heavy atom. The lowest BCUT2D eigenvalue weighted by atomic mass is 9.77. The molecule has 0 saturated heterocycles. The van der Waals surface area contributed by atoms with Crippen molar-refractivity contribution in [2.75, 3.05) is 0 Å². The number of pyridine rings is 1. The third kappa shape index (κ3) is 2.29. The molecule has 2 atom stereocenters. The lowest BCUT2D eigenvalue weighted by molar-refractivity contribution is 0.554. The Hall–Kier alpha value is -3.46. The molecule has 4 rings (SSSR count). The minimum Gasteiger partial charge on any atom is -0.461 e. The van der Waals surface area contributed by atoms with Crippen molar-refractivity contribution in [3.05, 3.63) is 74.0 Å². The number of nitriles is 1. The van der Waals surface area contributed by atoms with Crippen LogP contribution in [0.2, 0.25) is 0 Å². The molecular formula is C20H15N3O3. The van der Waals surface area contributed by atoms with Gasteiger partial charge in [0.05, 0.1) is 28.6 Å². The van der Waals surface area contributed by atoms with Crippen LogP contribution in [0.15, 0.2) is 55.5 Å². The summed E-state index contributed by atoms with van der Waals surface area (Å²) in [7, 11) is 0. The van der Waals surface area contributed by atoms with E-state index in [-0.39, 0.29) is 11.0 Å². The predicted octanol–water partition coefficient (Wildman–Crippen LogP) is 3.17. The van der Waals surface area contributed by atoms with Crippen molar-refractivity contribution in [2.45, 2.75) is 19.8 Å². The second-order valence-electron chi connectivity index (χ2n) is 6.39. The number of hydrogen-bond acceptors (Lipinski definition) is 5. The number of hydrogen-bond donors (Lipinski definition) is 1. The van der Waals surface area contributed by atoms with Crippen molar-refractivity contribution in [3.8, 4) is 6.07 Å². The summed E-state index contributed by atoms with van der Waals surface area (Å²) in [5.74, 6) is -0.708. The standard InChI is InChI=1S/C20H15N3O3/c1-10-8-16(24)12-4-3-5-13(19(12)26-10)17-14(9-21)11(2)23-15-6-7-22-20(25)18(15)17/h3-8,14,17H,1-2H3,(H,22,25). The van der Waals surface area contributed by atoms with Gasteiger partial charge in [0.1, 0.15) is 11.3 Å². The number of rotatable bonds is 1. The van der Waals surface area contributed by atoms with E-state index in [9.17, 15) is 14.9 Å². The molecule has 1 aliphatic rings. The molecule has 0 bridgehead atoms. The van der Waals surface area contributed by atoms with Crippen LogP contribution in [0, 0.1) is 24.2 Å². The van der Waals surface area contributed by atoms with Crippen molar-refractivity contribution in [2.24, 2.45) is 10.9 Å². The fourth-order valence-corrected chi connectivity index (χ4v) is 3.61. The molecule has 1 aliphatic heterocycles. The average Bonchev–Trinajstić information content (AvgIpc) is 2.60. The molecule has 2 unspecified atom stereocenters. The summed E-state index contributed by atoms with van der Waals surface area (Å²) in [5, 5.41) is 10.2. The van der Waals surface area contributed by atoms with E-state index >= 15 is 0 Å². The highest BCUT2D eigenvalue weighted by Crippen LogP contribution is 2.42. The first kappa shape index (κ1) is 16.0. The van der Waals surface area contributed by atoms with Crippen molar-refractivity contribution >= 4 is 22.4 Å². The third-order valence-electron chi connectivity index (χ3n) is 4.75. The number of aromatic amines is 1. The maximum Gasteiger partial charge on any atom is 0.253 e. The summed E-state index contributed by atoms with van der Waals surface area (Å²) in [4.78, 5) is 32.0. The zero-order valence-corrected chi connectivity index (χ0v) is 14.2. The molecule has 6 nitrogen and oxygen atoms in total. The van der Waals surface area contributed by atoms with Gasteiger partial charge in [-0.2, -0.15) is 5.26 Å². The van der Waals surface area contributed by atoms with Gasteiger partial charge in [-0.05, 0) is 26.0 Å². The van der Waals surface area contributed by atoms with Gasteiger partial charge in [0.15, 0.2) is 5.43 Å². The lowest BCUT2D eigenvalue weighted by Crippen LogP contribution is -2.29. The molecule has 0 aliphatic carbocycles. The topological polar surface area (TPSA) is 99.2 Å². The van der Waals surface area contributed by atoms with E-state index < -0.39 is 11.8 Å². The monoisotopic (exact) mass is 345 g/mol. The Morgan fingerprint density at radius 2 is 2.04 bits per heavy atom. The number of para-hydroxylation sites is 1. The largest absolute Gasteiger partial charge is 0.461 e.